The van der Waals surface area contributed by atoms with Crippen molar-refractivity contribution >= 4 is 23.5 Å². The van der Waals surface area contributed by atoms with E-state index in [0.717, 1.165) is 22.5 Å². The minimum absolute atomic E-state index is 0.145. The van der Waals surface area contributed by atoms with E-state index in [-0.39, 0.29) is 11.9 Å². The Kier molecular flexibility index (Phi) is 6.78. The van der Waals surface area contributed by atoms with E-state index in [0.29, 0.717) is 6.42 Å². The number of anilines is 2. The highest BCUT2D eigenvalue weighted by Crippen LogP contribution is 2.18. The molecule has 0 heterocycles. The third-order valence-electron chi connectivity index (χ3n) is 4.23. The minimum Gasteiger partial charge on any atom is -0.378 e. The van der Waals surface area contributed by atoms with Crippen molar-refractivity contribution in [1.29, 1.82) is 0 Å². The van der Waals surface area contributed by atoms with Gasteiger partial charge < -0.3 is 10.2 Å². The molecule has 1 unspecified atom stereocenters. The van der Waals surface area contributed by atoms with Gasteiger partial charge in [0.15, 0.2) is 0 Å². The summed E-state index contributed by atoms with van der Waals surface area (Å²) < 4.78 is 0. The lowest BCUT2D eigenvalue weighted by atomic mass is 10.1. The number of nitrogens with zero attached hydrogens (tertiary/aromatic N) is 2. The highest BCUT2D eigenvalue weighted by Gasteiger charge is 2.16. The average Bonchev–Trinajstić information content (AvgIpc) is 2.61. The summed E-state index contributed by atoms with van der Waals surface area (Å²) in [5.41, 5.74) is 7.99. The predicted molar refractivity (Wildman–Crippen MR) is 110 cm³/mol. The zero-order chi connectivity index (χ0) is 19.1. The monoisotopic (exact) mass is 352 g/mol. The molecule has 0 bridgehead atoms. The van der Waals surface area contributed by atoms with Gasteiger partial charge in [-0.1, -0.05) is 36.8 Å². The van der Waals surface area contributed by atoms with E-state index >= 15 is 0 Å². The Balaban J connectivity index is 1.95. The summed E-state index contributed by atoms with van der Waals surface area (Å²) in [6, 6.07) is 13.8. The normalized spacial score (nSPS) is 12.0. The zero-order valence-corrected chi connectivity index (χ0v) is 16.2. The molecule has 5 nitrogen and oxygen atoms in total. The summed E-state index contributed by atoms with van der Waals surface area (Å²) in [5, 5.41) is 7.39. The van der Waals surface area contributed by atoms with Gasteiger partial charge >= 0.3 is 0 Å². The minimum atomic E-state index is -0.329. The van der Waals surface area contributed by atoms with Crippen molar-refractivity contribution in [2.24, 2.45) is 5.10 Å². The number of hydrazone groups is 1. The van der Waals surface area contributed by atoms with Crippen LogP contribution in [0.4, 0.5) is 11.4 Å². The number of nitrogens with one attached hydrogen (secondary N) is 2. The van der Waals surface area contributed by atoms with Crippen LogP contribution in [0.1, 0.15) is 30.0 Å². The van der Waals surface area contributed by atoms with Crippen LogP contribution in [0.15, 0.2) is 47.6 Å². The molecule has 0 spiro atoms. The molecule has 0 aromatic heterocycles. The summed E-state index contributed by atoms with van der Waals surface area (Å²) in [5.74, 6) is -0.145. The number of benzene rings is 2. The van der Waals surface area contributed by atoms with E-state index in [9.17, 15) is 4.79 Å². The van der Waals surface area contributed by atoms with Crippen molar-refractivity contribution in [1.82, 2.24) is 5.43 Å². The van der Waals surface area contributed by atoms with Gasteiger partial charge in [0.2, 0.25) is 0 Å². The Labute approximate surface area is 156 Å². The highest BCUT2D eigenvalue weighted by atomic mass is 16.2. The lowest BCUT2D eigenvalue weighted by molar-refractivity contribution is -0.121. The van der Waals surface area contributed by atoms with Crippen LogP contribution in [-0.4, -0.2) is 32.3 Å². The fraction of sp³-hybridized carbons (Fsp3) is 0.333. The van der Waals surface area contributed by atoms with Crippen LogP contribution in [0.5, 0.6) is 0 Å². The Hall–Kier alpha value is -2.82. The first-order chi connectivity index (χ1) is 12.4. The van der Waals surface area contributed by atoms with Crippen molar-refractivity contribution in [3.63, 3.8) is 0 Å². The van der Waals surface area contributed by atoms with Crippen LogP contribution in [0.3, 0.4) is 0 Å². The Bertz CT molecular complexity index is 766. The molecule has 1 amide bonds. The van der Waals surface area contributed by atoms with E-state index in [4.69, 9.17) is 0 Å². The molecule has 0 aliphatic rings. The maximum absolute atomic E-state index is 12.4. The van der Waals surface area contributed by atoms with E-state index in [2.05, 4.69) is 28.8 Å². The Morgan fingerprint density at radius 2 is 1.85 bits per heavy atom. The molecule has 2 rings (SSSR count). The van der Waals surface area contributed by atoms with Gasteiger partial charge in [-0.05, 0) is 49.6 Å². The summed E-state index contributed by atoms with van der Waals surface area (Å²) in [6.07, 6.45) is 2.33. The number of hydrogen-bond acceptors (Lipinski definition) is 4. The van der Waals surface area contributed by atoms with Crippen molar-refractivity contribution in [2.75, 3.05) is 24.3 Å². The van der Waals surface area contributed by atoms with Crippen LogP contribution in [0.2, 0.25) is 0 Å². The van der Waals surface area contributed by atoms with Crippen LogP contribution < -0.4 is 15.6 Å². The second-order valence-corrected chi connectivity index (χ2v) is 6.64. The number of amides is 1. The number of hydrogen-bond donors (Lipinski definition) is 2. The van der Waals surface area contributed by atoms with E-state index < -0.39 is 0 Å². The van der Waals surface area contributed by atoms with Crippen LogP contribution in [0, 0.1) is 13.8 Å². The third kappa shape index (κ3) is 5.34. The quantitative estimate of drug-likeness (QED) is 0.590. The van der Waals surface area contributed by atoms with Gasteiger partial charge in [-0.15, -0.1) is 0 Å². The van der Waals surface area contributed by atoms with Gasteiger partial charge in [0, 0.05) is 25.5 Å². The molecule has 0 saturated heterocycles. The molecular formula is C21H28N4O. The average molecular weight is 352 g/mol. The fourth-order valence-electron chi connectivity index (χ4n) is 2.62. The molecule has 0 radical (unpaired) electrons. The van der Waals surface area contributed by atoms with Crippen molar-refractivity contribution in [3.8, 4) is 0 Å². The van der Waals surface area contributed by atoms with Crippen molar-refractivity contribution in [2.45, 2.75) is 33.2 Å². The largest absolute Gasteiger partial charge is 0.378 e. The maximum Gasteiger partial charge on any atom is 0.262 e. The van der Waals surface area contributed by atoms with Crippen LogP contribution in [0.25, 0.3) is 0 Å². The van der Waals surface area contributed by atoms with Gasteiger partial charge in [0.1, 0.15) is 6.04 Å². The van der Waals surface area contributed by atoms with Crippen LogP contribution in [-0.2, 0) is 4.79 Å². The van der Waals surface area contributed by atoms with Gasteiger partial charge in [-0.3, -0.25) is 4.79 Å². The second-order valence-electron chi connectivity index (χ2n) is 6.64. The van der Waals surface area contributed by atoms with Gasteiger partial charge in [0.05, 0.1) is 6.21 Å². The standard InChI is InChI=1S/C21H28N4O/c1-6-19(23-20-12-7-15(2)13-16(20)3)21(26)24-22-14-17-8-10-18(11-9-17)25(4)5/h7-14,19,23H,6H2,1-5H3,(H,24,26)/b22-14+. The predicted octanol–water partition coefficient (Wildman–Crippen LogP) is 3.71. The molecule has 1 atom stereocenters. The lowest BCUT2D eigenvalue weighted by Gasteiger charge is -2.18. The number of carbonyl (C=O) groups excluding carboxylic acids is 1. The van der Waals surface area contributed by atoms with E-state index in [1.54, 1.807) is 6.21 Å². The summed E-state index contributed by atoms with van der Waals surface area (Å²) in [7, 11) is 3.99. The first kappa shape index (κ1) is 19.5. The number of carbonyl (C=O) groups is 1. The SMILES string of the molecule is CCC(Nc1ccc(C)cc1C)C(=O)N/N=C/c1ccc(N(C)C)cc1. The number of aryl methyl sites for hydroxylation is 2. The number of rotatable bonds is 7. The summed E-state index contributed by atoms with van der Waals surface area (Å²) >= 11 is 0. The topological polar surface area (TPSA) is 56.7 Å². The smallest absolute Gasteiger partial charge is 0.262 e. The fourth-order valence-corrected chi connectivity index (χ4v) is 2.62. The zero-order valence-electron chi connectivity index (χ0n) is 16.2. The first-order valence-electron chi connectivity index (χ1n) is 8.84. The molecular weight excluding hydrogens is 324 g/mol. The Morgan fingerprint density at radius 3 is 2.42 bits per heavy atom. The summed E-state index contributed by atoms with van der Waals surface area (Å²) in [4.78, 5) is 14.4. The molecule has 2 aromatic rings. The molecule has 0 aliphatic carbocycles. The Morgan fingerprint density at radius 1 is 1.15 bits per heavy atom. The molecule has 0 aliphatic heterocycles. The van der Waals surface area contributed by atoms with Crippen LogP contribution >= 0.6 is 0 Å². The second kappa shape index (κ2) is 9.04. The molecule has 26 heavy (non-hydrogen) atoms. The molecule has 0 fully saturated rings. The van der Waals surface area contributed by atoms with Crippen molar-refractivity contribution < 1.29 is 4.79 Å². The molecule has 0 saturated carbocycles. The van der Waals surface area contributed by atoms with E-state index in [1.165, 1.54) is 5.56 Å². The molecule has 2 N–H and O–H groups in total. The highest BCUT2D eigenvalue weighted by molar-refractivity contribution is 5.87. The van der Waals surface area contributed by atoms with Crippen molar-refractivity contribution in [3.05, 3.63) is 59.2 Å². The molecule has 138 valence electrons. The van der Waals surface area contributed by atoms with Gasteiger partial charge in [-0.2, -0.15) is 5.10 Å². The lowest BCUT2D eigenvalue weighted by Crippen LogP contribution is -2.37. The van der Waals surface area contributed by atoms with E-state index in [1.807, 2.05) is 69.2 Å². The maximum atomic E-state index is 12.4. The third-order valence-corrected chi connectivity index (χ3v) is 4.23. The first-order valence-corrected chi connectivity index (χ1v) is 8.84. The molecule has 5 heteroatoms. The summed E-state index contributed by atoms with van der Waals surface area (Å²) in [6.45, 7) is 6.07. The van der Waals surface area contributed by atoms with Gasteiger partial charge in [0.25, 0.3) is 5.91 Å². The van der Waals surface area contributed by atoms with Gasteiger partial charge in [-0.25, -0.2) is 5.43 Å². The molecule has 2 aromatic carbocycles.